The molecule has 0 aromatic heterocycles. The molecule has 0 saturated carbocycles. The van der Waals surface area contributed by atoms with Gasteiger partial charge in [0.25, 0.3) is 0 Å². The lowest BCUT2D eigenvalue weighted by Crippen LogP contribution is -2.04. The maximum absolute atomic E-state index is 5.85. The summed E-state index contributed by atoms with van der Waals surface area (Å²) in [5.41, 5.74) is 13.4. The van der Waals surface area contributed by atoms with Gasteiger partial charge in [0.1, 0.15) is 0 Å². The minimum absolute atomic E-state index is 0.302. The molecule has 2 heteroatoms. The summed E-state index contributed by atoms with van der Waals surface area (Å²) in [6, 6.07) is 8.74. The van der Waals surface area contributed by atoms with Gasteiger partial charge in [0.15, 0.2) is 0 Å². The Balaban J connectivity index is 0.000000213. The van der Waals surface area contributed by atoms with E-state index in [-0.39, 0.29) is 0 Å². The van der Waals surface area contributed by atoms with E-state index in [0.29, 0.717) is 12.6 Å². The van der Waals surface area contributed by atoms with Crippen molar-refractivity contribution in [3.05, 3.63) is 35.4 Å². The van der Waals surface area contributed by atoms with Crippen molar-refractivity contribution in [2.24, 2.45) is 11.5 Å². The maximum atomic E-state index is 5.85. The predicted octanol–water partition coefficient (Wildman–Crippen LogP) is 1.21. The molecule has 0 radical (unpaired) electrons. The molecule has 74 valence electrons. The molecule has 0 amide bonds. The fraction of sp³-hybridized carbons (Fsp3) is 0.333. The zero-order valence-corrected chi connectivity index (χ0v) is 8.24. The van der Waals surface area contributed by atoms with E-state index in [1.54, 1.807) is 0 Å². The van der Waals surface area contributed by atoms with Crippen LogP contribution in [0.15, 0.2) is 24.3 Å². The van der Waals surface area contributed by atoms with Gasteiger partial charge >= 0.3 is 0 Å². The highest BCUT2D eigenvalue weighted by Gasteiger charge is 2.16. The van der Waals surface area contributed by atoms with Gasteiger partial charge in [0.2, 0.25) is 0 Å². The first-order chi connectivity index (χ1) is 6.79. The Labute approximate surface area is 85.3 Å². The van der Waals surface area contributed by atoms with E-state index >= 15 is 0 Å². The smallest absolute Gasteiger partial charge is 0.0548 e. The van der Waals surface area contributed by atoms with E-state index in [1.165, 1.54) is 11.1 Å². The molecule has 1 aliphatic rings. The van der Waals surface area contributed by atoms with Crippen molar-refractivity contribution >= 4 is 0 Å². The van der Waals surface area contributed by atoms with E-state index in [4.69, 9.17) is 11.5 Å². The summed E-state index contributed by atoms with van der Waals surface area (Å²) in [5, 5.41) is 0. The molecule has 0 aliphatic heterocycles. The second-order valence-electron chi connectivity index (χ2n) is 3.25. The summed E-state index contributed by atoms with van der Waals surface area (Å²) >= 11 is 0. The van der Waals surface area contributed by atoms with Crippen LogP contribution in [0.5, 0.6) is 0 Å². The lowest BCUT2D eigenvalue weighted by Gasteiger charge is -2.01. The number of hydrogen-bond acceptors (Lipinski definition) is 2. The molecule has 1 aromatic rings. The van der Waals surface area contributed by atoms with Crippen molar-refractivity contribution in [2.75, 3.05) is 6.54 Å². The van der Waals surface area contributed by atoms with E-state index in [0.717, 1.165) is 12.8 Å². The number of hydrogen-bond donors (Lipinski definition) is 2. The van der Waals surface area contributed by atoms with Gasteiger partial charge in [-0.3, -0.25) is 0 Å². The third-order valence-corrected chi connectivity index (χ3v) is 2.30. The van der Waals surface area contributed by atoms with Gasteiger partial charge in [-0.05, 0) is 24.0 Å². The van der Waals surface area contributed by atoms with E-state index in [2.05, 4.69) is 36.6 Å². The van der Waals surface area contributed by atoms with Crippen LogP contribution in [0.25, 0.3) is 0 Å². The molecule has 0 heterocycles. The molecule has 2 rings (SSSR count). The fourth-order valence-corrected chi connectivity index (χ4v) is 1.59. The second kappa shape index (κ2) is 5.43. The van der Waals surface area contributed by atoms with E-state index < -0.39 is 0 Å². The van der Waals surface area contributed by atoms with Gasteiger partial charge in [-0.1, -0.05) is 30.2 Å². The van der Waals surface area contributed by atoms with Gasteiger partial charge in [-0.15, -0.1) is 6.42 Å². The van der Waals surface area contributed by atoms with Crippen LogP contribution in [0.4, 0.5) is 0 Å². The molecule has 0 fully saturated rings. The largest absolute Gasteiger partial charge is 0.324 e. The molecule has 1 aromatic carbocycles. The Morgan fingerprint density at radius 2 is 2.07 bits per heavy atom. The average molecular weight is 188 g/mol. The number of terminal acetylenes is 1. The van der Waals surface area contributed by atoms with E-state index in [1.807, 2.05) is 0 Å². The third-order valence-electron chi connectivity index (χ3n) is 2.30. The molecule has 0 saturated heterocycles. The Morgan fingerprint density at radius 3 is 2.64 bits per heavy atom. The molecule has 1 aliphatic carbocycles. The molecule has 0 bridgehead atoms. The zero-order chi connectivity index (χ0) is 10.4. The molecule has 4 N–H and O–H groups in total. The van der Waals surface area contributed by atoms with Crippen molar-refractivity contribution in [2.45, 2.75) is 18.9 Å². The summed E-state index contributed by atoms with van der Waals surface area (Å²) in [6.45, 7) is 0.347. The minimum Gasteiger partial charge on any atom is -0.324 e. The van der Waals surface area contributed by atoms with Crippen LogP contribution in [0, 0.1) is 12.3 Å². The van der Waals surface area contributed by atoms with Crippen molar-refractivity contribution in [1.29, 1.82) is 0 Å². The first-order valence-electron chi connectivity index (χ1n) is 4.76. The average Bonchev–Trinajstić information content (AvgIpc) is 2.62. The molecule has 14 heavy (non-hydrogen) atoms. The summed E-state index contributed by atoms with van der Waals surface area (Å²) < 4.78 is 0. The number of nitrogens with two attached hydrogens (primary N) is 2. The quantitative estimate of drug-likeness (QED) is 0.601. The van der Waals surface area contributed by atoms with Crippen LogP contribution in [0.2, 0.25) is 0 Å². The Bertz CT molecular complexity index is 325. The first kappa shape index (κ1) is 10.8. The Morgan fingerprint density at radius 1 is 1.43 bits per heavy atom. The molecular formula is C12H16N2. The first-order valence-corrected chi connectivity index (χ1v) is 4.76. The van der Waals surface area contributed by atoms with E-state index in [9.17, 15) is 0 Å². The van der Waals surface area contributed by atoms with Crippen LogP contribution in [0.3, 0.4) is 0 Å². The fourth-order valence-electron chi connectivity index (χ4n) is 1.59. The number of aryl methyl sites for hydroxylation is 1. The van der Waals surface area contributed by atoms with Crippen molar-refractivity contribution in [3.8, 4) is 12.3 Å². The topological polar surface area (TPSA) is 52.0 Å². The zero-order valence-electron chi connectivity index (χ0n) is 8.24. The lowest BCUT2D eigenvalue weighted by atomic mass is 10.1. The molecular weight excluding hydrogens is 172 g/mol. The highest BCUT2D eigenvalue weighted by molar-refractivity contribution is 5.33. The van der Waals surface area contributed by atoms with Crippen molar-refractivity contribution in [1.82, 2.24) is 0 Å². The van der Waals surface area contributed by atoms with Crippen LogP contribution in [-0.2, 0) is 6.42 Å². The van der Waals surface area contributed by atoms with Gasteiger partial charge in [0, 0.05) is 6.04 Å². The van der Waals surface area contributed by atoms with Crippen molar-refractivity contribution < 1.29 is 0 Å². The highest BCUT2D eigenvalue weighted by atomic mass is 14.6. The standard InChI is InChI=1S/C9H11N.C3H5N/c10-9-6-5-7-3-1-2-4-8(7)9;1-2-3-4/h1-4,9H,5-6,10H2;1H,3-4H2/t9-;/m1./s1. The van der Waals surface area contributed by atoms with Gasteiger partial charge < -0.3 is 11.5 Å². The van der Waals surface area contributed by atoms with Crippen LogP contribution >= 0.6 is 0 Å². The monoisotopic (exact) mass is 188 g/mol. The second-order valence-corrected chi connectivity index (χ2v) is 3.25. The lowest BCUT2D eigenvalue weighted by molar-refractivity contribution is 0.713. The molecule has 0 unspecified atom stereocenters. The normalized spacial score (nSPS) is 17.6. The molecule has 2 nitrogen and oxygen atoms in total. The predicted molar refractivity (Wildman–Crippen MR) is 59.6 cm³/mol. The summed E-state index contributed by atoms with van der Waals surface area (Å²) in [7, 11) is 0. The summed E-state index contributed by atoms with van der Waals surface area (Å²) in [5.74, 6) is 2.21. The van der Waals surface area contributed by atoms with Gasteiger partial charge in [-0.25, -0.2) is 0 Å². The third kappa shape index (κ3) is 2.59. The van der Waals surface area contributed by atoms with Crippen LogP contribution in [-0.4, -0.2) is 6.54 Å². The minimum atomic E-state index is 0.302. The number of fused-ring (bicyclic) bond motifs is 1. The van der Waals surface area contributed by atoms with Gasteiger partial charge in [0.05, 0.1) is 6.54 Å². The van der Waals surface area contributed by atoms with Crippen LogP contribution in [0.1, 0.15) is 23.6 Å². The molecule has 1 atom stereocenters. The SMILES string of the molecule is C#CCN.N[C@@H]1CCc2ccccc21. The molecule has 0 spiro atoms. The maximum Gasteiger partial charge on any atom is 0.0548 e. The number of benzene rings is 1. The van der Waals surface area contributed by atoms with Gasteiger partial charge in [-0.2, -0.15) is 0 Å². The Hall–Kier alpha value is -1.30. The van der Waals surface area contributed by atoms with Crippen LogP contribution < -0.4 is 11.5 Å². The highest BCUT2D eigenvalue weighted by Crippen LogP contribution is 2.28. The summed E-state index contributed by atoms with van der Waals surface area (Å²) in [6.07, 6.45) is 6.94. The number of rotatable bonds is 0. The summed E-state index contributed by atoms with van der Waals surface area (Å²) in [4.78, 5) is 0. The Kier molecular flexibility index (Phi) is 4.18. The van der Waals surface area contributed by atoms with Crippen molar-refractivity contribution in [3.63, 3.8) is 0 Å².